The maximum atomic E-state index is 12.3. The van der Waals surface area contributed by atoms with Crippen LogP contribution in [-0.2, 0) is 19.1 Å². The molecule has 0 aromatic carbocycles. The van der Waals surface area contributed by atoms with Gasteiger partial charge >= 0.3 is 5.97 Å². The Morgan fingerprint density at radius 3 is 2.50 bits per heavy atom. The van der Waals surface area contributed by atoms with Gasteiger partial charge in [0, 0.05) is 26.1 Å². The van der Waals surface area contributed by atoms with Gasteiger partial charge in [-0.05, 0) is 25.7 Å². The van der Waals surface area contributed by atoms with Gasteiger partial charge in [-0.25, -0.2) is 0 Å². The second-order valence-electron chi connectivity index (χ2n) is 5.67. The summed E-state index contributed by atoms with van der Waals surface area (Å²) < 4.78 is 4.56. The molecule has 1 atom stereocenters. The highest BCUT2D eigenvalue weighted by Crippen LogP contribution is 2.32. The normalized spacial score (nSPS) is 22.3. The van der Waals surface area contributed by atoms with E-state index in [0.717, 1.165) is 32.2 Å². The topological polar surface area (TPSA) is 66.9 Å². The van der Waals surface area contributed by atoms with E-state index in [1.54, 1.807) is 7.05 Å². The molecule has 2 fully saturated rings. The number of nitrogens with zero attached hydrogens (tertiary/aromatic N) is 2. The van der Waals surface area contributed by atoms with Gasteiger partial charge in [0.1, 0.15) is 6.54 Å². The lowest BCUT2D eigenvalue weighted by Gasteiger charge is -2.33. The van der Waals surface area contributed by atoms with Crippen molar-refractivity contribution in [2.24, 2.45) is 11.8 Å². The molecule has 20 heavy (non-hydrogen) atoms. The molecule has 6 heteroatoms. The molecule has 0 bridgehead atoms. The van der Waals surface area contributed by atoms with Crippen LogP contribution in [0.4, 0.5) is 0 Å². The summed E-state index contributed by atoms with van der Waals surface area (Å²) in [5, 5.41) is 0. The van der Waals surface area contributed by atoms with Gasteiger partial charge in [-0.1, -0.05) is 0 Å². The SMILES string of the molecule is COC(=O)CN(C)C(=O)C1CCCN(C(=O)C2CC2)C1. The predicted octanol–water partition coefficient (Wildman–Crippen LogP) is 0.266. The smallest absolute Gasteiger partial charge is 0.325 e. The lowest BCUT2D eigenvalue weighted by atomic mass is 9.96. The van der Waals surface area contributed by atoms with Crippen LogP contribution in [0, 0.1) is 11.8 Å². The summed E-state index contributed by atoms with van der Waals surface area (Å²) in [4.78, 5) is 38.7. The van der Waals surface area contributed by atoms with Gasteiger partial charge in [0.05, 0.1) is 13.0 Å². The number of ether oxygens (including phenoxy) is 1. The minimum absolute atomic E-state index is 0.0393. The van der Waals surface area contributed by atoms with Gasteiger partial charge in [-0.2, -0.15) is 0 Å². The van der Waals surface area contributed by atoms with Crippen LogP contribution in [0.3, 0.4) is 0 Å². The van der Waals surface area contributed by atoms with Crippen LogP contribution in [0.25, 0.3) is 0 Å². The standard InChI is InChI=1S/C14H22N2O4/c1-15(9-12(17)20-2)13(18)11-4-3-7-16(8-11)14(19)10-5-6-10/h10-11H,3-9H2,1-2H3. The second-order valence-corrected chi connectivity index (χ2v) is 5.67. The zero-order valence-electron chi connectivity index (χ0n) is 12.1. The number of piperidine rings is 1. The summed E-state index contributed by atoms with van der Waals surface area (Å²) in [6.45, 7) is 1.20. The first-order chi connectivity index (χ1) is 9.52. The van der Waals surface area contributed by atoms with Gasteiger partial charge in [-0.15, -0.1) is 0 Å². The molecule has 6 nitrogen and oxygen atoms in total. The van der Waals surface area contributed by atoms with Crippen LogP contribution in [0.5, 0.6) is 0 Å². The maximum absolute atomic E-state index is 12.3. The molecule has 1 unspecified atom stereocenters. The molecule has 0 spiro atoms. The van der Waals surface area contributed by atoms with E-state index in [4.69, 9.17) is 0 Å². The van der Waals surface area contributed by atoms with Gasteiger partial charge < -0.3 is 14.5 Å². The summed E-state index contributed by atoms with van der Waals surface area (Å²) >= 11 is 0. The van der Waals surface area contributed by atoms with Crippen molar-refractivity contribution in [1.82, 2.24) is 9.80 Å². The van der Waals surface area contributed by atoms with E-state index in [0.29, 0.717) is 6.54 Å². The van der Waals surface area contributed by atoms with E-state index in [1.807, 2.05) is 4.90 Å². The number of carbonyl (C=O) groups excluding carboxylic acids is 3. The molecular formula is C14H22N2O4. The number of esters is 1. The largest absolute Gasteiger partial charge is 0.468 e. The number of carbonyl (C=O) groups is 3. The first kappa shape index (κ1) is 14.8. The maximum Gasteiger partial charge on any atom is 0.325 e. The molecule has 1 saturated carbocycles. The van der Waals surface area contributed by atoms with Crippen molar-refractivity contribution in [3.05, 3.63) is 0 Å². The monoisotopic (exact) mass is 282 g/mol. The fraction of sp³-hybridized carbons (Fsp3) is 0.786. The number of amides is 2. The summed E-state index contributed by atoms with van der Waals surface area (Å²) in [5.41, 5.74) is 0. The van der Waals surface area contributed by atoms with Crippen LogP contribution < -0.4 is 0 Å². The minimum atomic E-state index is -0.428. The Morgan fingerprint density at radius 2 is 1.90 bits per heavy atom. The predicted molar refractivity (Wildman–Crippen MR) is 71.7 cm³/mol. The van der Waals surface area contributed by atoms with E-state index in [9.17, 15) is 14.4 Å². The van der Waals surface area contributed by atoms with Crippen LogP contribution in [0.2, 0.25) is 0 Å². The molecule has 2 aliphatic rings. The Labute approximate surface area is 119 Å². The van der Waals surface area contributed by atoms with Crippen molar-refractivity contribution in [3.63, 3.8) is 0 Å². The lowest BCUT2D eigenvalue weighted by Crippen LogP contribution is -2.47. The van der Waals surface area contributed by atoms with Crippen LogP contribution in [0.15, 0.2) is 0 Å². The summed E-state index contributed by atoms with van der Waals surface area (Å²) in [6.07, 6.45) is 3.59. The second kappa shape index (κ2) is 6.24. The lowest BCUT2D eigenvalue weighted by molar-refractivity contribution is -0.149. The molecule has 1 heterocycles. The number of likely N-dealkylation sites (N-methyl/N-ethyl adjacent to an activating group) is 1. The fourth-order valence-corrected chi connectivity index (χ4v) is 2.62. The molecule has 2 amide bonds. The van der Waals surface area contributed by atoms with Crippen molar-refractivity contribution in [3.8, 4) is 0 Å². The highest BCUT2D eigenvalue weighted by atomic mass is 16.5. The molecule has 1 saturated heterocycles. The zero-order chi connectivity index (χ0) is 14.7. The molecule has 1 aliphatic heterocycles. The van der Waals surface area contributed by atoms with Crippen LogP contribution in [0.1, 0.15) is 25.7 Å². The van der Waals surface area contributed by atoms with E-state index in [2.05, 4.69) is 4.74 Å². The van der Waals surface area contributed by atoms with E-state index < -0.39 is 5.97 Å². The fourth-order valence-electron chi connectivity index (χ4n) is 2.62. The van der Waals surface area contributed by atoms with Crippen molar-refractivity contribution < 1.29 is 19.1 Å². The van der Waals surface area contributed by atoms with E-state index in [1.165, 1.54) is 12.0 Å². The van der Waals surface area contributed by atoms with Gasteiger partial charge in [0.25, 0.3) is 0 Å². The Hall–Kier alpha value is -1.59. The third-order valence-corrected chi connectivity index (χ3v) is 3.98. The number of hydrogen-bond acceptors (Lipinski definition) is 4. The molecular weight excluding hydrogens is 260 g/mol. The first-order valence-electron chi connectivity index (χ1n) is 7.13. The van der Waals surface area contributed by atoms with Crippen molar-refractivity contribution in [2.45, 2.75) is 25.7 Å². The van der Waals surface area contributed by atoms with Gasteiger partial charge in [-0.3, -0.25) is 14.4 Å². The van der Waals surface area contributed by atoms with Gasteiger partial charge in [0.15, 0.2) is 0 Å². The average Bonchev–Trinajstić information content (AvgIpc) is 3.30. The zero-order valence-corrected chi connectivity index (χ0v) is 12.1. The Bertz CT molecular complexity index is 406. The molecule has 0 N–H and O–H groups in total. The van der Waals surface area contributed by atoms with Crippen molar-refractivity contribution >= 4 is 17.8 Å². The minimum Gasteiger partial charge on any atom is -0.468 e. The van der Waals surface area contributed by atoms with E-state index in [-0.39, 0.29) is 30.2 Å². The number of methoxy groups -OCH3 is 1. The third-order valence-electron chi connectivity index (χ3n) is 3.98. The molecule has 0 aromatic heterocycles. The van der Waals surface area contributed by atoms with E-state index >= 15 is 0 Å². The summed E-state index contributed by atoms with van der Waals surface area (Å²) in [7, 11) is 2.90. The molecule has 2 rings (SSSR count). The molecule has 0 radical (unpaired) electrons. The highest BCUT2D eigenvalue weighted by Gasteiger charge is 2.37. The first-order valence-corrected chi connectivity index (χ1v) is 7.13. The van der Waals surface area contributed by atoms with Crippen molar-refractivity contribution in [2.75, 3.05) is 33.8 Å². The van der Waals surface area contributed by atoms with Crippen molar-refractivity contribution in [1.29, 1.82) is 0 Å². The average molecular weight is 282 g/mol. The molecule has 112 valence electrons. The third kappa shape index (κ3) is 3.49. The Morgan fingerprint density at radius 1 is 1.20 bits per heavy atom. The van der Waals surface area contributed by atoms with Crippen LogP contribution >= 0.6 is 0 Å². The number of likely N-dealkylation sites (tertiary alicyclic amines) is 1. The Kier molecular flexibility index (Phi) is 4.62. The Balaban J connectivity index is 1.88. The van der Waals surface area contributed by atoms with Gasteiger partial charge in [0.2, 0.25) is 11.8 Å². The number of rotatable bonds is 4. The van der Waals surface area contributed by atoms with Crippen LogP contribution in [-0.4, -0.2) is 61.4 Å². The summed E-state index contributed by atoms with van der Waals surface area (Å²) in [6, 6.07) is 0. The molecule has 0 aromatic rings. The quantitative estimate of drug-likeness (QED) is 0.694. The summed E-state index contributed by atoms with van der Waals surface area (Å²) in [5.74, 6) is -0.317. The molecule has 1 aliphatic carbocycles. The highest BCUT2D eigenvalue weighted by molar-refractivity contribution is 5.85. The number of hydrogen-bond donors (Lipinski definition) is 0.